The van der Waals surface area contributed by atoms with Gasteiger partial charge in [0.1, 0.15) is 5.69 Å². The molecule has 0 saturated carbocycles. The van der Waals surface area contributed by atoms with Crippen LogP contribution in [0.25, 0.3) is 22.6 Å². The van der Waals surface area contributed by atoms with Gasteiger partial charge in [-0.1, -0.05) is 12.1 Å². The number of nitrogens with zero attached hydrogens (tertiary/aromatic N) is 3. The molecule has 0 aliphatic rings. The molecule has 3 rings (SSSR count). The van der Waals surface area contributed by atoms with Gasteiger partial charge in [0.05, 0.1) is 17.5 Å². The van der Waals surface area contributed by atoms with Gasteiger partial charge >= 0.3 is 5.97 Å². The summed E-state index contributed by atoms with van der Waals surface area (Å²) in [5.41, 5.74) is 4.05. The van der Waals surface area contributed by atoms with Crippen LogP contribution in [0.4, 0.5) is 0 Å². The summed E-state index contributed by atoms with van der Waals surface area (Å²) in [6.45, 7) is 3.33. The molecule has 2 heterocycles. The summed E-state index contributed by atoms with van der Waals surface area (Å²) >= 11 is 3.36. The molecule has 0 aliphatic carbocycles. The van der Waals surface area contributed by atoms with E-state index in [2.05, 4.69) is 27.3 Å². The third-order valence-electron chi connectivity index (χ3n) is 4.12. The molecule has 1 aromatic carbocycles. The Hall–Kier alpha value is -2.03. The lowest BCUT2D eigenvalue weighted by Crippen LogP contribution is -2.20. The number of fused-ring (bicyclic) bond motifs is 1. The minimum atomic E-state index is -0.776. The summed E-state index contributed by atoms with van der Waals surface area (Å²) < 4.78 is 2.12. The molecule has 0 aliphatic heterocycles. The maximum atomic E-state index is 10.5. The number of para-hydroxylation sites is 2. The number of carboxylic acids is 1. The van der Waals surface area contributed by atoms with Crippen molar-refractivity contribution in [3.63, 3.8) is 0 Å². The lowest BCUT2D eigenvalue weighted by atomic mass is 10.2. The van der Waals surface area contributed by atoms with Crippen molar-refractivity contribution in [2.24, 2.45) is 0 Å². The summed E-state index contributed by atoms with van der Waals surface area (Å²) in [5, 5.41) is 11.8. The van der Waals surface area contributed by atoms with E-state index < -0.39 is 5.97 Å². The molecular weight excluding hydrogens is 380 g/mol. The van der Waals surface area contributed by atoms with Crippen molar-refractivity contribution in [1.29, 1.82) is 0 Å². The number of carboxylic acid groups (broad SMARTS) is 1. The Kier molecular flexibility index (Phi) is 6.76. The van der Waals surface area contributed by atoms with Crippen LogP contribution < -0.4 is 5.32 Å². The predicted octanol–water partition coefficient (Wildman–Crippen LogP) is 3.69. The van der Waals surface area contributed by atoms with Crippen molar-refractivity contribution in [1.82, 2.24) is 19.3 Å². The zero-order valence-corrected chi connectivity index (χ0v) is 16.9. The van der Waals surface area contributed by atoms with Gasteiger partial charge in [-0.15, -0.1) is 11.8 Å². The number of aromatic nitrogens is 3. The van der Waals surface area contributed by atoms with E-state index in [1.807, 2.05) is 36.7 Å². The maximum Gasteiger partial charge on any atom is 0.304 e. The molecule has 142 valence electrons. The van der Waals surface area contributed by atoms with E-state index in [-0.39, 0.29) is 6.42 Å². The molecule has 0 amide bonds. The number of aliphatic carboxylic acids is 1. The van der Waals surface area contributed by atoms with E-state index in [1.165, 1.54) is 4.90 Å². The molecule has 0 unspecified atom stereocenters. The average Bonchev–Trinajstić information content (AvgIpc) is 3.03. The van der Waals surface area contributed by atoms with Gasteiger partial charge in [0.25, 0.3) is 0 Å². The smallest absolute Gasteiger partial charge is 0.304 e. The van der Waals surface area contributed by atoms with Crippen molar-refractivity contribution in [2.75, 3.05) is 25.1 Å². The molecule has 0 radical (unpaired) electrons. The van der Waals surface area contributed by atoms with E-state index in [1.54, 1.807) is 23.7 Å². The maximum absolute atomic E-state index is 10.5. The van der Waals surface area contributed by atoms with Crippen molar-refractivity contribution >= 4 is 40.7 Å². The second-order valence-electron chi connectivity index (χ2n) is 5.93. The third-order valence-corrected chi connectivity index (χ3v) is 6.02. The standard InChI is InChI=1S/C19H22N4O2S2/c1-13-16(27-12-11-20-9-8-17(24)25)7-10-21-18(13)19-22-14-5-3-4-6-15(14)23(19)26-2/h3-7,10,20H,8-9,11-12H2,1-2H3,(H,24,25). The normalized spacial score (nSPS) is 11.2. The van der Waals surface area contributed by atoms with Gasteiger partial charge in [-0.3, -0.25) is 13.8 Å². The highest BCUT2D eigenvalue weighted by Gasteiger charge is 2.16. The van der Waals surface area contributed by atoms with Crippen LogP contribution >= 0.6 is 23.7 Å². The minimum Gasteiger partial charge on any atom is -0.481 e. The number of hydrogen-bond donors (Lipinski definition) is 2. The topological polar surface area (TPSA) is 80.0 Å². The molecule has 2 aromatic heterocycles. The number of thioether (sulfide) groups is 1. The fourth-order valence-electron chi connectivity index (χ4n) is 2.79. The molecule has 6 nitrogen and oxygen atoms in total. The summed E-state index contributed by atoms with van der Waals surface area (Å²) in [6, 6.07) is 10.1. The van der Waals surface area contributed by atoms with Crippen LogP contribution in [-0.4, -0.2) is 50.1 Å². The van der Waals surface area contributed by atoms with Gasteiger partial charge in [-0.25, -0.2) is 4.98 Å². The Labute approximate surface area is 166 Å². The van der Waals surface area contributed by atoms with Gasteiger partial charge in [-0.2, -0.15) is 0 Å². The van der Waals surface area contributed by atoms with E-state index in [0.717, 1.165) is 40.4 Å². The van der Waals surface area contributed by atoms with E-state index in [9.17, 15) is 4.79 Å². The minimum absolute atomic E-state index is 0.147. The Balaban J connectivity index is 1.76. The Morgan fingerprint density at radius 1 is 1.26 bits per heavy atom. The molecule has 2 N–H and O–H groups in total. The SMILES string of the molecule is CSn1c(-c2nccc(SCCNCCC(=O)O)c2C)nc2ccccc21. The summed E-state index contributed by atoms with van der Waals surface area (Å²) in [5.74, 6) is 0.952. The number of nitrogens with one attached hydrogen (secondary N) is 1. The zero-order valence-electron chi connectivity index (χ0n) is 15.3. The molecule has 0 atom stereocenters. The van der Waals surface area contributed by atoms with Crippen molar-refractivity contribution in [3.8, 4) is 11.5 Å². The third kappa shape index (κ3) is 4.63. The molecule has 0 fully saturated rings. The largest absolute Gasteiger partial charge is 0.481 e. The monoisotopic (exact) mass is 402 g/mol. The number of pyridine rings is 1. The van der Waals surface area contributed by atoms with Crippen LogP contribution in [0, 0.1) is 6.92 Å². The van der Waals surface area contributed by atoms with Crippen LogP contribution in [0.15, 0.2) is 41.4 Å². The lowest BCUT2D eigenvalue weighted by Gasteiger charge is -2.11. The van der Waals surface area contributed by atoms with Gasteiger partial charge in [-0.05, 0) is 42.6 Å². The molecule has 0 bridgehead atoms. The highest BCUT2D eigenvalue weighted by atomic mass is 32.2. The molecule has 27 heavy (non-hydrogen) atoms. The van der Waals surface area contributed by atoms with Crippen molar-refractivity contribution < 1.29 is 9.90 Å². The predicted molar refractivity (Wildman–Crippen MR) is 112 cm³/mol. The molecule has 0 spiro atoms. The van der Waals surface area contributed by atoms with Gasteiger partial charge in [0.15, 0.2) is 5.82 Å². The summed E-state index contributed by atoms with van der Waals surface area (Å²) in [4.78, 5) is 21.1. The van der Waals surface area contributed by atoms with Crippen molar-refractivity contribution in [3.05, 3.63) is 42.1 Å². The molecular formula is C19H22N4O2S2. The Morgan fingerprint density at radius 3 is 2.85 bits per heavy atom. The Morgan fingerprint density at radius 2 is 2.07 bits per heavy atom. The fourth-order valence-corrected chi connectivity index (χ4v) is 4.38. The molecule has 8 heteroatoms. The van der Waals surface area contributed by atoms with Gasteiger partial charge < -0.3 is 10.4 Å². The number of imidazole rings is 1. The molecule has 0 saturated heterocycles. The highest BCUT2D eigenvalue weighted by molar-refractivity contribution is 7.99. The number of carbonyl (C=O) groups is 1. The first-order valence-corrected chi connectivity index (χ1v) is 10.8. The van der Waals surface area contributed by atoms with Crippen LogP contribution in [0.5, 0.6) is 0 Å². The highest BCUT2D eigenvalue weighted by Crippen LogP contribution is 2.32. The van der Waals surface area contributed by atoms with Crippen molar-refractivity contribution in [2.45, 2.75) is 18.2 Å². The first kappa shape index (κ1) is 19.7. The number of benzene rings is 1. The van der Waals surface area contributed by atoms with E-state index in [0.29, 0.717) is 6.54 Å². The fraction of sp³-hybridized carbons (Fsp3) is 0.316. The average molecular weight is 403 g/mol. The van der Waals surface area contributed by atoms with Crippen LogP contribution in [0.3, 0.4) is 0 Å². The number of hydrogen-bond acceptors (Lipinski definition) is 6. The van der Waals surface area contributed by atoms with E-state index >= 15 is 0 Å². The lowest BCUT2D eigenvalue weighted by molar-refractivity contribution is -0.136. The number of rotatable bonds is 9. The van der Waals surface area contributed by atoms with Crippen LogP contribution in [0.2, 0.25) is 0 Å². The van der Waals surface area contributed by atoms with Crippen LogP contribution in [-0.2, 0) is 4.79 Å². The molecule has 3 aromatic rings. The van der Waals surface area contributed by atoms with E-state index in [4.69, 9.17) is 10.1 Å². The zero-order chi connectivity index (χ0) is 19.2. The summed E-state index contributed by atoms with van der Waals surface area (Å²) in [7, 11) is 0. The second-order valence-corrected chi connectivity index (χ2v) is 7.79. The van der Waals surface area contributed by atoms with Gasteiger partial charge in [0.2, 0.25) is 0 Å². The second kappa shape index (κ2) is 9.25. The van der Waals surface area contributed by atoms with Crippen LogP contribution in [0.1, 0.15) is 12.0 Å². The summed E-state index contributed by atoms with van der Waals surface area (Å²) in [6.07, 6.45) is 4.01. The first-order chi connectivity index (χ1) is 13.1. The van der Waals surface area contributed by atoms with Gasteiger partial charge in [0, 0.05) is 36.2 Å². The Bertz CT molecular complexity index is 943. The quantitative estimate of drug-likeness (QED) is 0.417. The first-order valence-electron chi connectivity index (χ1n) is 8.65.